The van der Waals surface area contributed by atoms with Gasteiger partial charge in [-0.25, -0.2) is 15.8 Å². The first kappa shape index (κ1) is 16.0. The molecular weight excluding hydrogens is 266 g/mol. The highest BCUT2D eigenvalue weighted by Gasteiger charge is 2.27. The van der Waals surface area contributed by atoms with Crippen LogP contribution in [0.5, 0.6) is 0 Å². The summed E-state index contributed by atoms with van der Waals surface area (Å²) in [6.07, 6.45) is 8.14. The minimum atomic E-state index is -0.622. The van der Waals surface area contributed by atoms with Gasteiger partial charge in [-0.1, -0.05) is 32.6 Å². The van der Waals surface area contributed by atoms with Gasteiger partial charge in [0.15, 0.2) is 0 Å². The molecule has 0 atom stereocenters. The molecule has 1 aromatic heterocycles. The normalized spacial score (nSPS) is 18.0. The molecule has 0 saturated heterocycles. The highest BCUT2D eigenvalue weighted by atomic mass is 16.3. The summed E-state index contributed by atoms with van der Waals surface area (Å²) in [7, 11) is 0. The Bertz CT molecular complexity index is 444. The monoisotopic (exact) mass is 293 g/mol. The van der Waals surface area contributed by atoms with Crippen molar-refractivity contribution in [2.24, 2.45) is 5.84 Å². The lowest BCUT2D eigenvalue weighted by Gasteiger charge is -2.27. The second-order valence-electron chi connectivity index (χ2n) is 5.94. The van der Waals surface area contributed by atoms with Crippen LogP contribution in [0, 0.1) is 0 Å². The van der Waals surface area contributed by atoms with Gasteiger partial charge in [-0.05, 0) is 19.3 Å². The van der Waals surface area contributed by atoms with Crippen molar-refractivity contribution in [1.82, 2.24) is 9.97 Å². The number of hydrogen-bond acceptors (Lipinski definition) is 6. The van der Waals surface area contributed by atoms with Crippen molar-refractivity contribution in [2.45, 2.75) is 63.9 Å². The zero-order chi connectivity index (χ0) is 15.1. The number of anilines is 2. The molecule has 6 heteroatoms. The third-order valence-corrected chi connectivity index (χ3v) is 4.03. The summed E-state index contributed by atoms with van der Waals surface area (Å²) in [4.78, 5) is 8.80. The van der Waals surface area contributed by atoms with Gasteiger partial charge in [0, 0.05) is 19.0 Å². The van der Waals surface area contributed by atoms with Crippen molar-refractivity contribution in [1.29, 1.82) is 0 Å². The lowest BCUT2D eigenvalue weighted by Crippen LogP contribution is -2.36. The zero-order valence-corrected chi connectivity index (χ0v) is 12.9. The van der Waals surface area contributed by atoms with Crippen molar-refractivity contribution in [3.05, 3.63) is 11.9 Å². The van der Waals surface area contributed by atoms with Gasteiger partial charge in [0.25, 0.3) is 0 Å². The van der Waals surface area contributed by atoms with Gasteiger partial charge < -0.3 is 15.8 Å². The molecule has 2 rings (SSSR count). The average Bonchev–Trinajstić information content (AvgIpc) is 2.71. The number of aryl methyl sites for hydroxylation is 1. The Morgan fingerprint density at radius 2 is 1.86 bits per heavy atom. The van der Waals surface area contributed by atoms with Crippen molar-refractivity contribution in [3.63, 3.8) is 0 Å². The van der Waals surface area contributed by atoms with E-state index in [1.165, 1.54) is 12.8 Å². The second-order valence-corrected chi connectivity index (χ2v) is 5.94. The van der Waals surface area contributed by atoms with Crippen LogP contribution in [0.1, 0.15) is 57.7 Å². The van der Waals surface area contributed by atoms with Crippen LogP contribution in [-0.2, 0) is 6.42 Å². The third-order valence-electron chi connectivity index (χ3n) is 4.03. The second kappa shape index (κ2) is 7.56. The Hall–Kier alpha value is -1.40. The van der Waals surface area contributed by atoms with E-state index in [-0.39, 0.29) is 0 Å². The van der Waals surface area contributed by atoms with E-state index in [0.29, 0.717) is 12.4 Å². The number of hydrogen-bond donors (Lipinski definition) is 4. The van der Waals surface area contributed by atoms with E-state index in [1.807, 2.05) is 0 Å². The topological polar surface area (TPSA) is 96.1 Å². The summed E-state index contributed by atoms with van der Waals surface area (Å²) in [5.74, 6) is 7.54. The van der Waals surface area contributed by atoms with E-state index in [9.17, 15) is 5.11 Å². The van der Waals surface area contributed by atoms with Crippen LogP contribution >= 0.6 is 0 Å². The molecule has 1 aliphatic carbocycles. The molecule has 21 heavy (non-hydrogen) atoms. The van der Waals surface area contributed by atoms with Gasteiger partial charge in [-0.15, -0.1) is 0 Å². The minimum absolute atomic E-state index is 0.527. The summed E-state index contributed by atoms with van der Waals surface area (Å²) in [6, 6.07) is 1.78. The van der Waals surface area contributed by atoms with Gasteiger partial charge in [-0.3, -0.25) is 0 Å². The lowest BCUT2D eigenvalue weighted by molar-refractivity contribution is 0.0380. The van der Waals surface area contributed by atoms with E-state index in [1.54, 1.807) is 6.07 Å². The predicted octanol–water partition coefficient (Wildman–Crippen LogP) is 2.21. The predicted molar refractivity (Wildman–Crippen MR) is 85.0 cm³/mol. The Morgan fingerprint density at radius 3 is 2.48 bits per heavy atom. The molecule has 0 aliphatic heterocycles. The molecule has 0 amide bonds. The number of hydrazine groups is 1. The van der Waals surface area contributed by atoms with E-state index in [4.69, 9.17) is 5.84 Å². The molecule has 6 nitrogen and oxygen atoms in total. The maximum Gasteiger partial charge on any atom is 0.145 e. The van der Waals surface area contributed by atoms with Crippen molar-refractivity contribution in [3.8, 4) is 0 Å². The number of nitrogens with one attached hydrogen (secondary N) is 2. The van der Waals surface area contributed by atoms with Gasteiger partial charge in [0.05, 0.1) is 5.60 Å². The van der Waals surface area contributed by atoms with Gasteiger partial charge >= 0.3 is 0 Å². The molecular formula is C15H27N5O. The SMILES string of the molecule is CCCc1nc(NN)cc(NCC2(O)CCCCCC2)n1. The Balaban J connectivity index is 2.02. The first-order valence-corrected chi connectivity index (χ1v) is 7.96. The third kappa shape index (κ3) is 4.82. The molecule has 1 saturated carbocycles. The number of aromatic nitrogens is 2. The largest absolute Gasteiger partial charge is 0.388 e. The maximum atomic E-state index is 10.7. The van der Waals surface area contributed by atoms with Crippen LogP contribution in [-0.4, -0.2) is 27.2 Å². The fourth-order valence-electron chi connectivity index (χ4n) is 2.82. The highest BCUT2D eigenvalue weighted by Crippen LogP contribution is 2.27. The Labute approximate surface area is 126 Å². The van der Waals surface area contributed by atoms with Crippen molar-refractivity contribution in [2.75, 3.05) is 17.3 Å². The molecule has 0 radical (unpaired) electrons. The minimum Gasteiger partial charge on any atom is -0.388 e. The molecule has 1 aliphatic rings. The van der Waals surface area contributed by atoms with Gasteiger partial charge in [-0.2, -0.15) is 0 Å². The van der Waals surface area contributed by atoms with Gasteiger partial charge in [0.2, 0.25) is 0 Å². The van der Waals surface area contributed by atoms with E-state index >= 15 is 0 Å². The van der Waals surface area contributed by atoms with Crippen LogP contribution in [0.4, 0.5) is 11.6 Å². The summed E-state index contributed by atoms with van der Waals surface area (Å²) in [6.45, 7) is 2.62. The molecule has 1 heterocycles. The average molecular weight is 293 g/mol. The molecule has 1 fully saturated rings. The van der Waals surface area contributed by atoms with Crippen LogP contribution < -0.4 is 16.6 Å². The number of nitrogen functional groups attached to an aromatic ring is 1. The summed E-state index contributed by atoms with van der Waals surface area (Å²) >= 11 is 0. The fourth-order valence-corrected chi connectivity index (χ4v) is 2.82. The van der Waals surface area contributed by atoms with Crippen LogP contribution in [0.25, 0.3) is 0 Å². The molecule has 118 valence electrons. The zero-order valence-electron chi connectivity index (χ0n) is 12.9. The summed E-state index contributed by atoms with van der Waals surface area (Å²) < 4.78 is 0. The van der Waals surface area contributed by atoms with Crippen molar-refractivity contribution >= 4 is 11.6 Å². The van der Waals surface area contributed by atoms with E-state index in [2.05, 4.69) is 27.6 Å². The lowest BCUT2D eigenvalue weighted by atomic mass is 9.94. The van der Waals surface area contributed by atoms with E-state index in [0.717, 1.165) is 50.2 Å². The smallest absolute Gasteiger partial charge is 0.145 e. The molecule has 0 bridgehead atoms. The van der Waals surface area contributed by atoms with Crippen LogP contribution in [0.2, 0.25) is 0 Å². The summed E-state index contributed by atoms with van der Waals surface area (Å²) in [5.41, 5.74) is 1.95. The van der Waals surface area contributed by atoms with Crippen molar-refractivity contribution < 1.29 is 5.11 Å². The first-order chi connectivity index (χ1) is 10.1. The first-order valence-electron chi connectivity index (χ1n) is 7.96. The molecule has 0 spiro atoms. The molecule has 0 aromatic carbocycles. The standard InChI is InChI=1S/C15H27N5O/c1-2-7-12-18-13(10-14(19-12)20-16)17-11-15(21)8-5-3-4-6-9-15/h10,21H,2-9,11,16H2,1H3,(H2,17,18,19,20). The maximum absolute atomic E-state index is 10.7. The Kier molecular flexibility index (Phi) is 5.76. The van der Waals surface area contributed by atoms with Crippen LogP contribution in [0.3, 0.4) is 0 Å². The number of nitrogens with two attached hydrogens (primary N) is 1. The highest BCUT2D eigenvalue weighted by molar-refractivity contribution is 5.47. The fraction of sp³-hybridized carbons (Fsp3) is 0.733. The summed E-state index contributed by atoms with van der Waals surface area (Å²) in [5, 5.41) is 13.9. The molecule has 5 N–H and O–H groups in total. The van der Waals surface area contributed by atoms with Crippen LogP contribution in [0.15, 0.2) is 6.07 Å². The quantitative estimate of drug-likeness (QED) is 0.365. The van der Waals surface area contributed by atoms with Gasteiger partial charge in [0.1, 0.15) is 17.5 Å². The number of aliphatic hydroxyl groups is 1. The molecule has 0 unspecified atom stereocenters. The number of nitrogens with zero attached hydrogens (tertiary/aromatic N) is 2. The Morgan fingerprint density at radius 1 is 1.19 bits per heavy atom. The van der Waals surface area contributed by atoms with E-state index < -0.39 is 5.60 Å². The number of rotatable bonds is 6. The molecule has 1 aromatic rings.